The van der Waals surface area contributed by atoms with Gasteiger partial charge in [-0.3, -0.25) is 4.79 Å². The molecule has 0 unspecified atom stereocenters. The molecule has 3 N–H and O–H groups in total. The average molecular weight is 264 g/mol. The van der Waals surface area contributed by atoms with Gasteiger partial charge < -0.3 is 15.8 Å². The number of carbonyl (C=O) groups excluding carboxylic acids is 1. The molecular weight excluding hydrogens is 240 g/mol. The van der Waals surface area contributed by atoms with E-state index in [0.29, 0.717) is 23.6 Å². The first-order valence-electron chi connectivity index (χ1n) is 6.93. The predicted octanol–water partition coefficient (Wildman–Crippen LogP) is 2.98. The third-order valence-electron chi connectivity index (χ3n) is 3.01. The molecule has 0 aromatic heterocycles. The lowest BCUT2D eigenvalue weighted by atomic mass is 10.1. The number of amides is 1. The Hall–Kier alpha value is -1.71. The van der Waals surface area contributed by atoms with Crippen LogP contribution in [0.15, 0.2) is 18.2 Å². The molecule has 0 saturated heterocycles. The maximum atomic E-state index is 11.5. The molecule has 0 aliphatic rings. The molecule has 0 aliphatic heterocycles. The Labute approximate surface area is 115 Å². The van der Waals surface area contributed by atoms with Crippen molar-refractivity contribution in [3.05, 3.63) is 23.8 Å². The quantitative estimate of drug-likeness (QED) is 0.560. The molecule has 0 heterocycles. The highest BCUT2D eigenvalue weighted by Crippen LogP contribution is 2.23. The maximum absolute atomic E-state index is 11.5. The summed E-state index contributed by atoms with van der Waals surface area (Å²) in [4.78, 5) is 11.5. The Kier molecular flexibility index (Phi) is 6.79. The van der Waals surface area contributed by atoms with Crippen molar-refractivity contribution >= 4 is 11.6 Å². The third kappa shape index (κ3) is 5.20. The zero-order valence-corrected chi connectivity index (χ0v) is 11.9. The summed E-state index contributed by atoms with van der Waals surface area (Å²) in [5.41, 5.74) is 6.97. The van der Waals surface area contributed by atoms with Gasteiger partial charge in [-0.1, -0.05) is 32.6 Å². The van der Waals surface area contributed by atoms with Crippen LogP contribution in [-0.4, -0.2) is 19.6 Å². The van der Waals surface area contributed by atoms with Crippen molar-refractivity contribution in [3.63, 3.8) is 0 Å². The lowest BCUT2D eigenvalue weighted by molar-refractivity contribution is 0.0962. The minimum absolute atomic E-state index is 0.132. The smallest absolute Gasteiger partial charge is 0.251 e. The standard InChI is InChI=1S/C15H24N2O2/c1-3-4-5-6-7-10-19-14-11-12(15(18)17-2)8-9-13(14)16/h8-9,11H,3-7,10,16H2,1-2H3,(H,17,18). The van der Waals surface area contributed by atoms with Crippen LogP contribution < -0.4 is 15.8 Å². The summed E-state index contributed by atoms with van der Waals surface area (Å²) < 4.78 is 5.65. The van der Waals surface area contributed by atoms with E-state index in [1.807, 2.05) is 0 Å². The van der Waals surface area contributed by atoms with E-state index < -0.39 is 0 Å². The highest BCUT2D eigenvalue weighted by molar-refractivity contribution is 5.95. The lowest BCUT2D eigenvalue weighted by Crippen LogP contribution is -2.17. The van der Waals surface area contributed by atoms with Gasteiger partial charge in [0, 0.05) is 12.6 Å². The molecule has 0 radical (unpaired) electrons. The number of hydrogen-bond donors (Lipinski definition) is 2. The third-order valence-corrected chi connectivity index (χ3v) is 3.01. The van der Waals surface area contributed by atoms with Crippen LogP contribution in [0.2, 0.25) is 0 Å². The van der Waals surface area contributed by atoms with Crippen LogP contribution in [0.3, 0.4) is 0 Å². The fourth-order valence-electron chi connectivity index (χ4n) is 1.83. The number of rotatable bonds is 8. The fraction of sp³-hybridized carbons (Fsp3) is 0.533. The van der Waals surface area contributed by atoms with Crippen molar-refractivity contribution in [2.24, 2.45) is 0 Å². The average Bonchev–Trinajstić information content (AvgIpc) is 2.43. The molecule has 0 aliphatic carbocycles. The van der Waals surface area contributed by atoms with E-state index in [9.17, 15) is 4.79 Å². The summed E-state index contributed by atoms with van der Waals surface area (Å²) >= 11 is 0. The molecule has 0 spiro atoms. The van der Waals surface area contributed by atoms with Crippen LogP contribution in [0.1, 0.15) is 49.4 Å². The van der Waals surface area contributed by atoms with Crippen LogP contribution >= 0.6 is 0 Å². The Bertz CT molecular complexity index is 405. The van der Waals surface area contributed by atoms with Crippen molar-refractivity contribution in [1.29, 1.82) is 0 Å². The zero-order valence-electron chi connectivity index (χ0n) is 11.9. The monoisotopic (exact) mass is 264 g/mol. The second-order valence-electron chi connectivity index (χ2n) is 4.59. The highest BCUT2D eigenvalue weighted by Gasteiger charge is 2.07. The number of unbranched alkanes of at least 4 members (excludes halogenated alkanes) is 4. The first-order chi connectivity index (χ1) is 9.19. The number of hydrogen-bond acceptors (Lipinski definition) is 3. The molecule has 4 heteroatoms. The Balaban J connectivity index is 2.46. The van der Waals surface area contributed by atoms with Crippen molar-refractivity contribution in [1.82, 2.24) is 5.32 Å². The van der Waals surface area contributed by atoms with Gasteiger partial charge in [0.25, 0.3) is 5.91 Å². The van der Waals surface area contributed by atoms with Gasteiger partial charge in [-0.15, -0.1) is 0 Å². The van der Waals surface area contributed by atoms with Crippen LogP contribution in [0, 0.1) is 0 Å². The van der Waals surface area contributed by atoms with Gasteiger partial charge in [0.1, 0.15) is 5.75 Å². The zero-order chi connectivity index (χ0) is 14.1. The number of ether oxygens (including phenoxy) is 1. The maximum Gasteiger partial charge on any atom is 0.251 e. The summed E-state index contributed by atoms with van der Waals surface area (Å²) in [6.45, 7) is 2.84. The first kappa shape index (κ1) is 15.3. The molecule has 0 bridgehead atoms. The largest absolute Gasteiger partial charge is 0.491 e. The van der Waals surface area contributed by atoms with Gasteiger partial charge in [-0.05, 0) is 24.6 Å². The van der Waals surface area contributed by atoms with E-state index in [2.05, 4.69) is 12.2 Å². The van der Waals surface area contributed by atoms with E-state index in [4.69, 9.17) is 10.5 Å². The molecule has 19 heavy (non-hydrogen) atoms. The minimum atomic E-state index is -0.132. The summed E-state index contributed by atoms with van der Waals surface area (Å²) in [5.74, 6) is 0.462. The molecule has 4 nitrogen and oxygen atoms in total. The summed E-state index contributed by atoms with van der Waals surface area (Å²) in [7, 11) is 1.60. The minimum Gasteiger partial charge on any atom is -0.491 e. The molecule has 1 amide bonds. The van der Waals surface area contributed by atoms with Crippen LogP contribution in [0.5, 0.6) is 5.75 Å². The highest BCUT2D eigenvalue weighted by atomic mass is 16.5. The molecule has 1 rings (SSSR count). The Morgan fingerprint density at radius 1 is 1.26 bits per heavy atom. The summed E-state index contributed by atoms with van der Waals surface area (Å²) in [6, 6.07) is 5.10. The SMILES string of the molecule is CCCCCCCOc1cc(C(=O)NC)ccc1N. The molecular formula is C15H24N2O2. The number of carbonyl (C=O) groups is 1. The molecule has 0 fully saturated rings. The van der Waals surface area contributed by atoms with Crippen molar-refractivity contribution in [3.8, 4) is 5.75 Å². The number of benzene rings is 1. The van der Waals surface area contributed by atoms with E-state index in [1.165, 1.54) is 25.7 Å². The molecule has 106 valence electrons. The van der Waals surface area contributed by atoms with Crippen molar-refractivity contribution in [2.75, 3.05) is 19.4 Å². The molecule has 0 saturated carbocycles. The van der Waals surface area contributed by atoms with Gasteiger partial charge in [-0.2, -0.15) is 0 Å². The predicted molar refractivity (Wildman–Crippen MR) is 78.5 cm³/mol. The van der Waals surface area contributed by atoms with E-state index in [-0.39, 0.29) is 5.91 Å². The van der Waals surface area contributed by atoms with E-state index in [1.54, 1.807) is 25.2 Å². The Morgan fingerprint density at radius 2 is 2.00 bits per heavy atom. The van der Waals surface area contributed by atoms with Gasteiger partial charge >= 0.3 is 0 Å². The van der Waals surface area contributed by atoms with Crippen LogP contribution in [0.4, 0.5) is 5.69 Å². The van der Waals surface area contributed by atoms with E-state index >= 15 is 0 Å². The van der Waals surface area contributed by atoms with Crippen LogP contribution in [0.25, 0.3) is 0 Å². The molecule has 1 aromatic carbocycles. The number of nitrogens with two attached hydrogens (primary N) is 1. The van der Waals surface area contributed by atoms with Crippen LogP contribution in [-0.2, 0) is 0 Å². The summed E-state index contributed by atoms with van der Waals surface area (Å²) in [5, 5.41) is 2.58. The summed E-state index contributed by atoms with van der Waals surface area (Å²) in [6.07, 6.45) is 5.94. The van der Waals surface area contributed by atoms with Gasteiger partial charge in [0.05, 0.1) is 12.3 Å². The number of anilines is 1. The van der Waals surface area contributed by atoms with Crippen molar-refractivity contribution in [2.45, 2.75) is 39.0 Å². The second-order valence-corrected chi connectivity index (χ2v) is 4.59. The molecule has 1 aromatic rings. The Morgan fingerprint density at radius 3 is 2.68 bits per heavy atom. The first-order valence-corrected chi connectivity index (χ1v) is 6.93. The fourth-order valence-corrected chi connectivity index (χ4v) is 1.83. The second kappa shape index (κ2) is 8.40. The number of nitrogen functional groups attached to an aromatic ring is 1. The normalized spacial score (nSPS) is 10.2. The van der Waals surface area contributed by atoms with Gasteiger partial charge in [-0.25, -0.2) is 0 Å². The topological polar surface area (TPSA) is 64.3 Å². The lowest BCUT2D eigenvalue weighted by Gasteiger charge is -2.10. The van der Waals surface area contributed by atoms with Gasteiger partial charge in [0.2, 0.25) is 0 Å². The van der Waals surface area contributed by atoms with Gasteiger partial charge in [0.15, 0.2) is 0 Å². The van der Waals surface area contributed by atoms with Crippen molar-refractivity contribution < 1.29 is 9.53 Å². The molecule has 0 atom stereocenters. The van der Waals surface area contributed by atoms with E-state index in [0.717, 1.165) is 6.42 Å². The number of nitrogens with one attached hydrogen (secondary N) is 1.